The monoisotopic (exact) mass is 295 g/mol. The number of aliphatic imine (C=N–C) groups is 1. The molecule has 108 valence electrons. The number of rotatable bonds is 5. The van der Waals surface area contributed by atoms with E-state index in [0.717, 1.165) is 6.42 Å². The van der Waals surface area contributed by atoms with E-state index in [1.54, 1.807) is 18.2 Å². The normalized spacial score (nSPS) is 20.6. The first-order valence-corrected chi connectivity index (χ1v) is 8.11. The number of nitrogens with zero attached hydrogens (tertiary/aromatic N) is 1. The van der Waals surface area contributed by atoms with Crippen LogP contribution in [0.15, 0.2) is 34.7 Å². The Morgan fingerprint density at radius 3 is 2.90 bits per heavy atom. The second-order valence-corrected chi connectivity index (χ2v) is 6.50. The fraction of sp³-hybridized carbons (Fsp3) is 0.357. The largest absolute Gasteiger partial charge is 0.507 e. The van der Waals surface area contributed by atoms with E-state index >= 15 is 0 Å². The first kappa shape index (κ1) is 14.6. The minimum absolute atomic E-state index is 0.0119. The van der Waals surface area contributed by atoms with Crippen LogP contribution in [0.1, 0.15) is 18.9 Å². The lowest BCUT2D eigenvalue weighted by Crippen LogP contribution is -2.08. The molecule has 0 aliphatic carbocycles. The summed E-state index contributed by atoms with van der Waals surface area (Å²) in [6, 6.07) is 4.59. The number of ether oxygens (including phenoxy) is 1. The summed E-state index contributed by atoms with van der Waals surface area (Å²) >= 11 is 0. The van der Waals surface area contributed by atoms with Gasteiger partial charge in [-0.1, -0.05) is 6.92 Å². The third-order valence-electron chi connectivity index (χ3n) is 2.79. The van der Waals surface area contributed by atoms with Crippen LogP contribution < -0.4 is 4.74 Å². The summed E-state index contributed by atoms with van der Waals surface area (Å²) in [5.41, 5.74) is 0.534. The van der Waals surface area contributed by atoms with Crippen molar-refractivity contribution in [2.24, 2.45) is 4.99 Å². The molecule has 1 aliphatic heterocycles. The zero-order valence-electron chi connectivity index (χ0n) is 11.2. The molecule has 5 nitrogen and oxygen atoms in total. The lowest BCUT2D eigenvalue weighted by Gasteiger charge is -2.06. The smallest absolute Gasteiger partial charge is 0.173 e. The van der Waals surface area contributed by atoms with Crippen LogP contribution in [0.5, 0.6) is 11.5 Å². The molecular weight excluding hydrogens is 278 g/mol. The second kappa shape index (κ2) is 6.09. The van der Waals surface area contributed by atoms with Gasteiger partial charge in [0.2, 0.25) is 0 Å². The molecule has 0 bridgehead atoms. The quantitative estimate of drug-likeness (QED) is 0.842. The van der Waals surface area contributed by atoms with Crippen molar-refractivity contribution in [1.82, 2.24) is 0 Å². The molecule has 1 N–H and O–H groups in total. The van der Waals surface area contributed by atoms with Crippen LogP contribution in [0, 0.1) is 0 Å². The summed E-state index contributed by atoms with van der Waals surface area (Å²) in [5.74, 6) is 0.652. The molecule has 2 rings (SSSR count). The second-order valence-electron chi connectivity index (χ2n) is 4.57. The average molecular weight is 295 g/mol. The predicted octanol–water partition coefficient (Wildman–Crippen LogP) is 1.91. The molecule has 0 unspecified atom stereocenters. The molecule has 0 saturated heterocycles. The van der Waals surface area contributed by atoms with Gasteiger partial charge in [0.05, 0.1) is 18.4 Å². The number of sulfone groups is 1. The predicted molar refractivity (Wildman–Crippen MR) is 78.2 cm³/mol. The first-order chi connectivity index (χ1) is 9.50. The van der Waals surface area contributed by atoms with Crippen LogP contribution in [0.25, 0.3) is 0 Å². The van der Waals surface area contributed by atoms with Crippen molar-refractivity contribution in [3.8, 4) is 11.5 Å². The van der Waals surface area contributed by atoms with Gasteiger partial charge in [-0.05, 0) is 24.6 Å². The van der Waals surface area contributed by atoms with E-state index in [0.29, 0.717) is 17.9 Å². The molecular formula is C14H17NO4S. The number of hydrogen-bond donors (Lipinski definition) is 1. The number of aromatic hydroxyl groups is 1. The summed E-state index contributed by atoms with van der Waals surface area (Å²) in [4.78, 5) is 4.15. The molecule has 1 aromatic rings. The lowest BCUT2D eigenvalue weighted by molar-refractivity contribution is 0.315. The maximum Gasteiger partial charge on any atom is 0.173 e. The molecule has 1 atom stereocenters. The standard InChI is InChI=1S/C14H17NO4S/c1-2-6-19-13-4-3-11(14(16)8-13)9-15-12-5-7-20(17,18)10-12/h3-5,7-9,12,16H,2,6,10H2,1H3/t12-/m0/s1. The zero-order valence-corrected chi connectivity index (χ0v) is 12.0. The van der Waals surface area contributed by atoms with Gasteiger partial charge in [0.1, 0.15) is 11.5 Å². The van der Waals surface area contributed by atoms with Crippen molar-refractivity contribution in [1.29, 1.82) is 0 Å². The number of benzene rings is 1. The highest BCUT2D eigenvalue weighted by Crippen LogP contribution is 2.23. The molecule has 0 fully saturated rings. The Labute approximate surface area is 118 Å². The summed E-state index contributed by atoms with van der Waals surface area (Å²) < 4.78 is 27.9. The Morgan fingerprint density at radius 1 is 1.50 bits per heavy atom. The summed E-state index contributed by atoms with van der Waals surface area (Å²) in [6.07, 6.45) is 3.92. The summed E-state index contributed by atoms with van der Waals surface area (Å²) in [7, 11) is -3.10. The van der Waals surface area contributed by atoms with Crippen LogP contribution in [0.3, 0.4) is 0 Å². The third-order valence-corrected chi connectivity index (χ3v) is 4.17. The van der Waals surface area contributed by atoms with Gasteiger partial charge < -0.3 is 9.84 Å². The van der Waals surface area contributed by atoms with Crippen LogP contribution >= 0.6 is 0 Å². The van der Waals surface area contributed by atoms with E-state index in [-0.39, 0.29) is 17.5 Å². The number of hydrogen-bond acceptors (Lipinski definition) is 5. The van der Waals surface area contributed by atoms with Gasteiger partial charge in [-0.25, -0.2) is 8.42 Å². The van der Waals surface area contributed by atoms with Crippen LogP contribution in [-0.2, 0) is 9.84 Å². The number of phenols is 1. The van der Waals surface area contributed by atoms with Crippen molar-refractivity contribution in [2.45, 2.75) is 19.4 Å². The first-order valence-electron chi connectivity index (χ1n) is 6.40. The molecule has 1 aliphatic rings. The Hall–Kier alpha value is -1.82. The molecule has 0 amide bonds. The van der Waals surface area contributed by atoms with Gasteiger partial charge in [-0.2, -0.15) is 0 Å². The van der Waals surface area contributed by atoms with Crippen LogP contribution in [0.4, 0.5) is 0 Å². The summed E-state index contributed by atoms with van der Waals surface area (Å²) in [5, 5.41) is 11.0. The van der Waals surface area contributed by atoms with E-state index in [2.05, 4.69) is 4.99 Å². The van der Waals surface area contributed by atoms with Gasteiger partial charge >= 0.3 is 0 Å². The Kier molecular flexibility index (Phi) is 4.44. The zero-order chi connectivity index (χ0) is 14.6. The topological polar surface area (TPSA) is 76.0 Å². The van der Waals surface area contributed by atoms with E-state index in [1.807, 2.05) is 6.92 Å². The maximum atomic E-state index is 11.2. The Bertz CT molecular complexity index is 635. The third kappa shape index (κ3) is 3.84. The van der Waals surface area contributed by atoms with E-state index in [9.17, 15) is 13.5 Å². The lowest BCUT2D eigenvalue weighted by atomic mass is 10.2. The van der Waals surface area contributed by atoms with Crippen molar-refractivity contribution < 1.29 is 18.3 Å². The van der Waals surface area contributed by atoms with E-state index in [4.69, 9.17) is 4.74 Å². The van der Waals surface area contributed by atoms with E-state index < -0.39 is 9.84 Å². The van der Waals surface area contributed by atoms with Gasteiger partial charge in [0, 0.05) is 23.3 Å². The van der Waals surface area contributed by atoms with Crippen LogP contribution in [-0.4, -0.2) is 38.1 Å². The molecule has 0 saturated carbocycles. The van der Waals surface area contributed by atoms with Crippen LogP contribution in [0.2, 0.25) is 0 Å². The fourth-order valence-electron chi connectivity index (χ4n) is 1.77. The van der Waals surface area contributed by atoms with Gasteiger partial charge in [-0.15, -0.1) is 0 Å². The minimum Gasteiger partial charge on any atom is -0.507 e. The average Bonchev–Trinajstić information content (AvgIpc) is 2.75. The van der Waals surface area contributed by atoms with Crippen molar-refractivity contribution in [3.63, 3.8) is 0 Å². The van der Waals surface area contributed by atoms with E-state index in [1.165, 1.54) is 17.7 Å². The van der Waals surface area contributed by atoms with Crippen molar-refractivity contribution in [2.75, 3.05) is 12.4 Å². The van der Waals surface area contributed by atoms with Crippen molar-refractivity contribution >= 4 is 16.1 Å². The maximum absolute atomic E-state index is 11.2. The molecule has 0 spiro atoms. The highest BCUT2D eigenvalue weighted by Gasteiger charge is 2.20. The molecule has 1 heterocycles. The Balaban J connectivity index is 2.05. The SMILES string of the molecule is CCCOc1ccc(C=N[C@H]2C=CS(=O)(=O)C2)c(O)c1. The molecule has 0 radical (unpaired) electrons. The fourth-order valence-corrected chi connectivity index (χ4v) is 2.98. The molecule has 6 heteroatoms. The van der Waals surface area contributed by atoms with Gasteiger partial charge in [0.25, 0.3) is 0 Å². The summed E-state index contributed by atoms with van der Waals surface area (Å²) in [6.45, 7) is 2.60. The highest BCUT2D eigenvalue weighted by atomic mass is 32.2. The number of phenolic OH excluding ortho intramolecular Hbond substituents is 1. The molecule has 0 aromatic heterocycles. The Morgan fingerprint density at radius 2 is 2.30 bits per heavy atom. The molecule has 20 heavy (non-hydrogen) atoms. The van der Waals surface area contributed by atoms with Crippen molar-refractivity contribution in [3.05, 3.63) is 35.2 Å². The molecule has 1 aromatic carbocycles. The minimum atomic E-state index is -3.10. The highest BCUT2D eigenvalue weighted by molar-refractivity contribution is 7.94. The van der Waals surface area contributed by atoms with Gasteiger partial charge in [-0.3, -0.25) is 4.99 Å². The van der Waals surface area contributed by atoms with Gasteiger partial charge in [0.15, 0.2) is 9.84 Å².